The molecule has 1 saturated heterocycles. The average Bonchev–Trinajstić information content (AvgIpc) is 3.57. The quantitative estimate of drug-likeness (QED) is 0.225. The number of hydrogen-bond donors (Lipinski definition) is 3. The number of H-pyrrole nitrogens is 2. The van der Waals surface area contributed by atoms with Crippen LogP contribution in [0.3, 0.4) is 0 Å². The summed E-state index contributed by atoms with van der Waals surface area (Å²) in [5.74, 6) is -0.573. The number of likely N-dealkylation sites (tertiary alicyclic amines) is 1. The van der Waals surface area contributed by atoms with Gasteiger partial charge < -0.3 is 10.1 Å². The van der Waals surface area contributed by atoms with E-state index in [0.29, 0.717) is 5.56 Å². The van der Waals surface area contributed by atoms with Gasteiger partial charge in [0, 0.05) is 46.9 Å². The Hall–Kier alpha value is -4.49. The standard InChI is InChI=1S/C32H28FN5O/c33-24-12-22(13-25(39)15-24)26-5-4-6-29-27(26)16-31(35-29)32-28-14-21(7-8-30(28)36-37-32)23-11-20(17-34-18-23)19-38-9-2-1-3-10-38/h4-8,11-18,35,39H,1-3,9-10,19H2,(H,36,37). The molecule has 0 radical (unpaired) electrons. The summed E-state index contributed by atoms with van der Waals surface area (Å²) < 4.78 is 14.0. The SMILES string of the molecule is Oc1cc(F)cc(-c2cccc3[nH]c(-c4n[nH]c5ccc(-c6cncc(CN7CCCCC7)c6)cc45)cc23)c1. The predicted molar refractivity (Wildman–Crippen MR) is 153 cm³/mol. The number of halogens is 1. The van der Waals surface area contributed by atoms with Gasteiger partial charge in [0.25, 0.3) is 0 Å². The van der Waals surface area contributed by atoms with Gasteiger partial charge in [0.1, 0.15) is 17.3 Å². The van der Waals surface area contributed by atoms with Gasteiger partial charge in [0.05, 0.1) is 11.2 Å². The van der Waals surface area contributed by atoms with Crippen LogP contribution >= 0.6 is 0 Å². The zero-order chi connectivity index (χ0) is 26.3. The number of nitrogens with zero attached hydrogens (tertiary/aromatic N) is 3. The molecule has 0 aliphatic carbocycles. The van der Waals surface area contributed by atoms with Crippen LogP contribution in [-0.4, -0.2) is 43.3 Å². The first-order valence-electron chi connectivity index (χ1n) is 13.4. The fourth-order valence-corrected chi connectivity index (χ4v) is 5.77. The Kier molecular flexibility index (Phi) is 5.86. The van der Waals surface area contributed by atoms with Crippen LogP contribution in [-0.2, 0) is 6.54 Å². The minimum Gasteiger partial charge on any atom is -0.508 e. The molecule has 0 atom stereocenters. The molecule has 0 saturated carbocycles. The molecule has 39 heavy (non-hydrogen) atoms. The van der Waals surface area contributed by atoms with E-state index in [-0.39, 0.29) is 5.75 Å². The molecule has 3 aromatic carbocycles. The largest absolute Gasteiger partial charge is 0.508 e. The first-order chi connectivity index (χ1) is 19.1. The van der Waals surface area contributed by atoms with Crippen LogP contribution in [0, 0.1) is 5.82 Å². The molecule has 3 N–H and O–H groups in total. The maximum Gasteiger partial charge on any atom is 0.127 e. The van der Waals surface area contributed by atoms with Gasteiger partial charge in [-0.05, 0) is 90.6 Å². The normalized spacial score (nSPS) is 14.4. The van der Waals surface area contributed by atoms with Crippen molar-refractivity contribution in [3.63, 3.8) is 0 Å². The summed E-state index contributed by atoms with van der Waals surface area (Å²) in [6.45, 7) is 3.24. The molecule has 3 aromatic heterocycles. The van der Waals surface area contributed by atoms with Crippen LogP contribution in [0.1, 0.15) is 24.8 Å². The molecule has 6 aromatic rings. The topological polar surface area (TPSA) is 80.8 Å². The van der Waals surface area contributed by atoms with Gasteiger partial charge in [0.15, 0.2) is 0 Å². The summed E-state index contributed by atoms with van der Waals surface area (Å²) in [4.78, 5) is 10.6. The number of pyridine rings is 1. The molecule has 1 aliphatic heterocycles. The lowest BCUT2D eigenvalue weighted by Gasteiger charge is -2.26. The highest BCUT2D eigenvalue weighted by molar-refractivity contribution is 6.02. The van der Waals surface area contributed by atoms with E-state index in [1.807, 2.05) is 36.7 Å². The van der Waals surface area contributed by atoms with Crippen molar-refractivity contribution in [2.45, 2.75) is 25.8 Å². The zero-order valence-electron chi connectivity index (χ0n) is 21.4. The minimum absolute atomic E-state index is 0.0990. The second kappa shape index (κ2) is 9.67. The van der Waals surface area contributed by atoms with Crippen LogP contribution < -0.4 is 0 Å². The number of aromatic nitrogens is 4. The third-order valence-electron chi connectivity index (χ3n) is 7.66. The van der Waals surface area contributed by atoms with Gasteiger partial charge >= 0.3 is 0 Å². The lowest BCUT2D eigenvalue weighted by molar-refractivity contribution is 0.220. The highest BCUT2D eigenvalue weighted by atomic mass is 19.1. The number of phenols is 1. The number of hydrogen-bond acceptors (Lipinski definition) is 4. The Bertz CT molecular complexity index is 1790. The molecule has 1 aliphatic rings. The van der Waals surface area contributed by atoms with Crippen molar-refractivity contribution in [3.8, 4) is 39.4 Å². The number of aromatic amines is 2. The van der Waals surface area contributed by atoms with Crippen molar-refractivity contribution in [1.29, 1.82) is 0 Å². The smallest absolute Gasteiger partial charge is 0.127 e. The fraction of sp³-hybridized carbons (Fsp3) is 0.188. The van der Waals surface area contributed by atoms with Crippen molar-refractivity contribution in [2.75, 3.05) is 13.1 Å². The summed E-state index contributed by atoms with van der Waals surface area (Å²) >= 11 is 0. The Balaban J connectivity index is 1.26. The Labute approximate surface area is 225 Å². The number of fused-ring (bicyclic) bond motifs is 2. The second-order valence-electron chi connectivity index (χ2n) is 10.4. The highest BCUT2D eigenvalue weighted by Gasteiger charge is 2.16. The zero-order valence-corrected chi connectivity index (χ0v) is 21.4. The number of aromatic hydroxyl groups is 1. The van der Waals surface area contributed by atoms with Crippen molar-refractivity contribution in [2.24, 2.45) is 0 Å². The van der Waals surface area contributed by atoms with Crippen molar-refractivity contribution >= 4 is 21.8 Å². The monoisotopic (exact) mass is 517 g/mol. The molecular weight excluding hydrogens is 489 g/mol. The maximum absolute atomic E-state index is 14.0. The molecule has 4 heterocycles. The fourth-order valence-electron chi connectivity index (χ4n) is 5.77. The van der Waals surface area contributed by atoms with E-state index in [2.05, 4.69) is 49.3 Å². The van der Waals surface area contributed by atoms with Crippen LogP contribution in [0.2, 0.25) is 0 Å². The molecule has 7 heteroatoms. The van der Waals surface area contributed by atoms with Gasteiger partial charge in [-0.3, -0.25) is 15.0 Å². The summed E-state index contributed by atoms with van der Waals surface area (Å²) in [5, 5.41) is 19.7. The number of benzene rings is 3. The molecule has 7 rings (SSSR count). The van der Waals surface area contributed by atoms with E-state index in [9.17, 15) is 9.50 Å². The van der Waals surface area contributed by atoms with E-state index in [0.717, 1.165) is 75.6 Å². The van der Waals surface area contributed by atoms with E-state index in [1.165, 1.54) is 30.9 Å². The lowest BCUT2D eigenvalue weighted by Crippen LogP contribution is -2.29. The van der Waals surface area contributed by atoms with Crippen molar-refractivity contribution in [1.82, 2.24) is 25.1 Å². The summed E-state index contributed by atoms with van der Waals surface area (Å²) in [5.41, 5.74) is 8.39. The summed E-state index contributed by atoms with van der Waals surface area (Å²) in [6, 6.07) is 20.6. The third kappa shape index (κ3) is 4.55. The molecule has 0 spiro atoms. The Morgan fingerprint density at radius 3 is 2.59 bits per heavy atom. The molecule has 0 bridgehead atoms. The highest BCUT2D eigenvalue weighted by Crippen LogP contribution is 2.36. The maximum atomic E-state index is 14.0. The van der Waals surface area contributed by atoms with Crippen molar-refractivity contribution in [3.05, 3.63) is 90.5 Å². The molecule has 0 unspecified atom stereocenters. The minimum atomic E-state index is -0.474. The molecular formula is C32H28FN5O. The molecule has 6 nitrogen and oxygen atoms in total. The molecule has 0 amide bonds. The van der Waals surface area contributed by atoms with Gasteiger partial charge in [-0.2, -0.15) is 5.10 Å². The molecule has 1 fully saturated rings. The first-order valence-corrected chi connectivity index (χ1v) is 13.4. The second-order valence-corrected chi connectivity index (χ2v) is 10.4. The van der Waals surface area contributed by atoms with Gasteiger partial charge in [-0.25, -0.2) is 4.39 Å². The number of piperidine rings is 1. The van der Waals surface area contributed by atoms with Crippen LogP contribution in [0.4, 0.5) is 4.39 Å². The summed E-state index contributed by atoms with van der Waals surface area (Å²) in [6.07, 6.45) is 7.76. The molecule has 194 valence electrons. The van der Waals surface area contributed by atoms with Crippen LogP contribution in [0.25, 0.3) is 55.4 Å². The van der Waals surface area contributed by atoms with Gasteiger partial charge in [-0.1, -0.05) is 24.6 Å². The number of phenolic OH excluding ortho intramolecular Hbond substituents is 1. The van der Waals surface area contributed by atoms with E-state index in [1.54, 1.807) is 6.07 Å². The van der Waals surface area contributed by atoms with Crippen LogP contribution in [0.5, 0.6) is 5.75 Å². The van der Waals surface area contributed by atoms with E-state index >= 15 is 0 Å². The van der Waals surface area contributed by atoms with Crippen molar-refractivity contribution < 1.29 is 9.50 Å². The Morgan fingerprint density at radius 1 is 0.821 bits per heavy atom. The van der Waals surface area contributed by atoms with E-state index < -0.39 is 5.82 Å². The van der Waals surface area contributed by atoms with Gasteiger partial charge in [0.2, 0.25) is 0 Å². The Morgan fingerprint density at radius 2 is 1.72 bits per heavy atom. The first kappa shape index (κ1) is 23.6. The summed E-state index contributed by atoms with van der Waals surface area (Å²) in [7, 11) is 0. The average molecular weight is 518 g/mol. The van der Waals surface area contributed by atoms with Crippen LogP contribution in [0.15, 0.2) is 79.1 Å². The third-order valence-corrected chi connectivity index (χ3v) is 7.66. The van der Waals surface area contributed by atoms with E-state index in [4.69, 9.17) is 0 Å². The number of nitrogens with one attached hydrogen (secondary N) is 2. The predicted octanol–water partition coefficient (Wildman–Crippen LogP) is 7.27. The lowest BCUT2D eigenvalue weighted by atomic mass is 10.0. The van der Waals surface area contributed by atoms with Gasteiger partial charge in [-0.15, -0.1) is 0 Å². The number of rotatable bonds is 5.